The first-order valence-electron chi connectivity index (χ1n) is 7.61. The molecule has 2 rings (SSSR count). The van der Waals surface area contributed by atoms with Crippen LogP contribution in [0.5, 0.6) is 0 Å². The van der Waals surface area contributed by atoms with Gasteiger partial charge < -0.3 is 10.6 Å². The zero-order valence-corrected chi connectivity index (χ0v) is 13.9. The number of carbonyl (C=O) groups is 2. The largest absolute Gasteiger partial charge is 0.418 e. The lowest BCUT2D eigenvalue weighted by atomic mass is 10.0. The van der Waals surface area contributed by atoms with Gasteiger partial charge >= 0.3 is 16.4 Å². The fourth-order valence-corrected chi connectivity index (χ4v) is 2.68. The highest BCUT2D eigenvalue weighted by molar-refractivity contribution is 7.80. The Morgan fingerprint density at radius 2 is 2.00 bits per heavy atom. The summed E-state index contributed by atoms with van der Waals surface area (Å²) in [5.74, 6) is -0.510. The summed E-state index contributed by atoms with van der Waals surface area (Å²) < 4.78 is 33.3. The lowest BCUT2D eigenvalue weighted by Crippen LogP contribution is -2.55. The van der Waals surface area contributed by atoms with E-state index in [1.165, 1.54) is 0 Å². The van der Waals surface area contributed by atoms with Crippen LogP contribution in [0, 0.1) is 5.41 Å². The van der Waals surface area contributed by atoms with Crippen LogP contribution in [0.25, 0.3) is 0 Å². The van der Waals surface area contributed by atoms with E-state index in [1.807, 2.05) is 0 Å². The summed E-state index contributed by atoms with van der Waals surface area (Å²) in [6.07, 6.45) is 3.68. The molecule has 1 atom stereocenters. The van der Waals surface area contributed by atoms with Gasteiger partial charge in [0.25, 0.3) is 5.91 Å². The van der Waals surface area contributed by atoms with Gasteiger partial charge in [0, 0.05) is 18.5 Å². The van der Waals surface area contributed by atoms with Crippen molar-refractivity contribution in [2.24, 2.45) is 11.1 Å². The van der Waals surface area contributed by atoms with E-state index in [4.69, 9.17) is 15.1 Å². The predicted molar refractivity (Wildman–Crippen MR) is 80.3 cm³/mol. The molecule has 1 saturated carbocycles. The van der Waals surface area contributed by atoms with Crippen LogP contribution in [0.1, 0.15) is 32.1 Å². The minimum Gasteiger partial charge on any atom is -0.330 e. The molecule has 0 aromatic heterocycles. The fraction of sp³-hybridized carbons (Fsp3) is 0.833. The molecule has 1 heterocycles. The van der Waals surface area contributed by atoms with Crippen molar-refractivity contribution in [1.29, 1.82) is 0 Å². The maximum atomic E-state index is 12.2. The van der Waals surface area contributed by atoms with E-state index in [2.05, 4.69) is 9.76 Å². The van der Waals surface area contributed by atoms with Crippen molar-refractivity contribution in [3.8, 4) is 0 Å². The van der Waals surface area contributed by atoms with Crippen molar-refractivity contribution in [1.82, 2.24) is 15.9 Å². The first-order chi connectivity index (χ1) is 11.3. The van der Waals surface area contributed by atoms with Crippen LogP contribution in [0.3, 0.4) is 0 Å². The zero-order chi connectivity index (χ0) is 17.8. The van der Waals surface area contributed by atoms with E-state index in [1.54, 1.807) is 5.48 Å². The molecule has 2 fully saturated rings. The molecule has 0 aromatic carbocycles. The Morgan fingerprint density at radius 3 is 2.58 bits per heavy atom. The van der Waals surface area contributed by atoms with Gasteiger partial charge in [0.05, 0.1) is 6.61 Å². The summed E-state index contributed by atoms with van der Waals surface area (Å²) in [6.45, 7) is 1.03. The van der Waals surface area contributed by atoms with Gasteiger partial charge in [-0.1, -0.05) is 0 Å². The molecule has 24 heavy (non-hydrogen) atoms. The maximum absolute atomic E-state index is 12.2. The Bertz CT molecular complexity index is 578. The molecule has 0 spiro atoms. The number of nitrogens with one attached hydrogen (secondary N) is 2. The fourth-order valence-electron chi connectivity index (χ4n) is 2.51. The molecule has 0 bridgehead atoms. The molecule has 0 radical (unpaired) electrons. The molecule has 3 amide bonds. The highest BCUT2D eigenvalue weighted by atomic mass is 32.3. The van der Waals surface area contributed by atoms with Crippen molar-refractivity contribution in [3.05, 3.63) is 0 Å². The van der Waals surface area contributed by atoms with Crippen LogP contribution < -0.4 is 16.7 Å². The molecule has 12 heteroatoms. The van der Waals surface area contributed by atoms with E-state index >= 15 is 0 Å². The number of hydroxylamine groups is 2. The second-order valence-electron chi connectivity index (χ2n) is 6.08. The third-order valence-electron chi connectivity index (χ3n) is 4.24. The number of carbonyl (C=O) groups excluding carboxylic acids is 2. The lowest BCUT2D eigenvalue weighted by Gasteiger charge is -2.33. The monoisotopic (exact) mass is 366 g/mol. The van der Waals surface area contributed by atoms with Crippen LogP contribution in [0.2, 0.25) is 0 Å². The molecule has 11 nitrogen and oxygen atoms in total. The first kappa shape index (κ1) is 18.9. The number of nitrogens with two attached hydrogens (primary N) is 1. The Morgan fingerprint density at radius 1 is 1.29 bits per heavy atom. The molecule has 5 N–H and O–H groups in total. The number of rotatable bonds is 7. The normalized spacial score (nSPS) is 22.8. The second-order valence-corrected chi connectivity index (χ2v) is 7.10. The lowest BCUT2D eigenvalue weighted by molar-refractivity contribution is -0.140. The van der Waals surface area contributed by atoms with Crippen LogP contribution in [0.15, 0.2) is 0 Å². The Labute approximate surface area is 139 Å². The average Bonchev–Trinajstić information content (AvgIpc) is 3.32. The standard InChI is InChI=1S/C12H22N4O7S/c13-7-12(4-5-12)8-22-14-10(17)9-3-1-2-6-16(9)11(18)15-23-24(19,20)21/h9H,1-8,13H2,(H,14,17)(H,15,18)(H,19,20,21)/t9-/m0/s1. The van der Waals surface area contributed by atoms with E-state index in [0.717, 1.165) is 24.2 Å². The van der Waals surface area contributed by atoms with E-state index in [0.29, 0.717) is 26.0 Å². The highest BCUT2D eigenvalue weighted by Crippen LogP contribution is 2.44. The van der Waals surface area contributed by atoms with E-state index < -0.39 is 28.4 Å². The minimum atomic E-state index is -4.82. The molecule has 0 aromatic rings. The van der Waals surface area contributed by atoms with Crippen LogP contribution in [0.4, 0.5) is 4.79 Å². The van der Waals surface area contributed by atoms with E-state index in [9.17, 15) is 18.0 Å². The molecule has 1 saturated heterocycles. The molecular formula is C12H22N4O7S. The summed E-state index contributed by atoms with van der Waals surface area (Å²) in [5.41, 5.74) is 9.46. The molecule has 1 aliphatic heterocycles. The smallest absolute Gasteiger partial charge is 0.330 e. The number of amides is 3. The Hall–Kier alpha value is -1.47. The molecular weight excluding hydrogens is 344 g/mol. The van der Waals surface area contributed by atoms with Gasteiger partial charge in [0.15, 0.2) is 0 Å². The summed E-state index contributed by atoms with van der Waals surface area (Å²) in [7, 11) is -4.82. The van der Waals surface area contributed by atoms with Gasteiger partial charge in [-0.05, 0) is 32.1 Å². The quantitative estimate of drug-likeness (QED) is 0.332. The third-order valence-corrected chi connectivity index (χ3v) is 4.54. The number of piperidine rings is 1. The summed E-state index contributed by atoms with van der Waals surface area (Å²) in [4.78, 5) is 30.5. The third kappa shape index (κ3) is 5.27. The zero-order valence-electron chi connectivity index (χ0n) is 13.1. The highest BCUT2D eigenvalue weighted by Gasteiger charge is 2.42. The predicted octanol–water partition coefficient (Wildman–Crippen LogP) is -0.928. The number of hydrogen-bond acceptors (Lipinski definition) is 7. The molecule has 1 aliphatic carbocycles. The van der Waals surface area contributed by atoms with Gasteiger partial charge in [-0.3, -0.25) is 14.2 Å². The molecule has 138 valence electrons. The van der Waals surface area contributed by atoms with E-state index in [-0.39, 0.29) is 12.0 Å². The summed E-state index contributed by atoms with van der Waals surface area (Å²) in [6, 6.07) is -1.76. The van der Waals surface area contributed by atoms with Crippen molar-refractivity contribution >= 4 is 22.3 Å². The van der Waals surface area contributed by atoms with Crippen molar-refractivity contribution in [3.63, 3.8) is 0 Å². The van der Waals surface area contributed by atoms with Crippen molar-refractivity contribution in [2.45, 2.75) is 38.1 Å². The second kappa shape index (κ2) is 7.61. The SMILES string of the molecule is NCC1(CONC(=O)[C@@H]2CCCCN2C(=O)NOS(=O)(=O)O)CC1. The first-order valence-corrected chi connectivity index (χ1v) is 8.97. The number of urea groups is 1. The van der Waals surface area contributed by atoms with Crippen molar-refractivity contribution < 1.29 is 31.7 Å². The Balaban J connectivity index is 1.85. The number of hydrogen-bond donors (Lipinski definition) is 4. The molecule has 0 unspecified atom stereocenters. The molecule has 2 aliphatic rings. The van der Waals surface area contributed by atoms with Gasteiger partial charge in [0.2, 0.25) is 0 Å². The summed E-state index contributed by atoms with van der Waals surface area (Å²) in [5, 5.41) is 0. The number of nitrogens with zero attached hydrogens (tertiary/aromatic N) is 1. The van der Waals surface area contributed by atoms with Crippen LogP contribution >= 0.6 is 0 Å². The van der Waals surface area contributed by atoms with Gasteiger partial charge in [-0.15, -0.1) is 4.28 Å². The van der Waals surface area contributed by atoms with Gasteiger partial charge in [-0.2, -0.15) is 13.9 Å². The topological polar surface area (TPSA) is 160 Å². The van der Waals surface area contributed by atoms with Crippen molar-refractivity contribution in [2.75, 3.05) is 19.7 Å². The minimum absolute atomic E-state index is 0.0692. The van der Waals surface area contributed by atoms with Crippen LogP contribution in [-0.4, -0.2) is 55.5 Å². The van der Waals surface area contributed by atoms with Gasteiger partial charge in [-0.25, -0.2) is 10.3 Å². The number of likely N-dealkylation sites (tertiary alicyclic amines) is 1. The van der Waals surface area contributed by atoms with Gasteiger partial charge in [0.1, 0.15) is 6.04 Å². The average molecular weight is 366 g/mol. The maximum Gasteiger partial charge on any atom is 0.418 e. The summed E-state index contributed by atoms with van der Waals surface area (Å²) >= 11 is 0. The Kier molecular flexibility index (Phi) is 5.98. The van der Waals surface area contributed by atoms with Crippen LogP contribution in [-0.2, 0) is 24.3 Å².